The van der Waals surface area contributed by atoms with E-state index in [2.05, 4.69) is 29.6 Å². The lowest BCUT2D eigenvalue weighted by Crippen LogP contribution is -2.51. The maximum Gasteiger partial charge on any atom is 0.407 e. The van der Waals surface area contributed by atoms with Gasteiger partial charge in [-0.1, -0.05) is 66.7 Å². The first-order valence-corrected chi connectivity index (χ1v) is 11.7. The highest BCUT2D eigenvalue weighted by Gasteiger charge is 2.39. The SMILES string of the molecule is O=C(O)CN(C(=O)C1CC(NC(=O)OCC2c3ccccc3-c3ccccc32)C1)c1ccccc1. The van der Waals surface area contributed by atoms with Crippen LogP contribution < -0.4 is 10.2 Å². The molecule has 7 heteroatoms. The highest BCUT2D eigenvalue weighted by molar-refractivity contribution is 5.99. The number of carbonyl (C=O) groups excluding carboxylic acids is 2. The first-order chi connectivity index (χ1) is 17.0. The molecule has 0 heterocycles. The Bertz CT molecular complexity index is 1210. The summed E-state index contributed by atoms with van der Waals surface area (Å²) < 4.78 is 5.59. The molecule has 2 aliphatic carbocycles. The minimum atomic E-state index is -1.07. The molecule has 2 aliphatic rings. The van der Waals surface area contributed by atoms with E-state index < -0.39 is 18.6 Å². The molecule has 3 aromatic carbocycles. The number of amides is 2. The van der Waals surface area contributed by atoms with Crippen LogP contribution in [-0.4, -0.2) is 42.3 Å². The van der Waals surface area contributed by atoms with Gasteiger partial charge in [0.05, 0.1) is 0 Å². The summed E-state index contributed by atoms with van der Waals surface area (Å²) in [6.45, 7) is -0.168. The van der Waals surface area contributed by atoms with Gasteiger partial charge in [0.1, 0.15) is 13.2 Å². The van der Waals surface area contributed by atoms with Crippen LogP contribution in [0.25, 0.3) is 11.1 Å². The smallest absolute Gasteiger partial charge is 0.407 e. The van der Waals surface area contributed by atoms with Crippen LogP contribution in [0.2, 0.25) is 0 Å². The third-order valence-corrected chi connectivity index (χ3v) is 6.78. The van der Waals surface area contributed by atoms with Crippen molar-refractivity contribution in [2.45, 2.75) is 24.8 Å². The number of benzene rings is 3. The molecule has 0 bridgehead atoms. The number of hydrogen-bond donors (Lipinski definition) is 2. The molecule has 2 amide bonds. The number of para-hydroxylation sites is 1. The van der Waals surface area contributed by atoms with Crippen molar-refractivity contribution < 1.29 is 24.2 Å². The van der Waals surface area contributed by atoms with E-state index in [0.29, 0.717) is 18.5 Å². The summed E-state index contributed by atoms with van der Waals surface area (Å²) in [7, 11) is 0. The number of alkyl carbamates (subject to hydrolysis) is 1. The quantitative estimate of drug-likeness (QED) is 0.533. The predicted octanol–water partition coefficient (Wildman–Crippen LogP) is 4.42. The van der Waals surface area contributed by atoms with Crippen molar-refractivity contribution in [1.29, 1.82) is 0 Å². The number of rotatable bonds is 7. The zero-order chi connectivity index (χ0) is 24.4. The highest BCUT2D eigenvalue weighted by Crippen LogP contribution is 2.44. The third kappa shape index (κ3) is 4.62. The van der Waals surface area contributed by atoms with Crippen molar-refractivity contribution in [2.24, 2.45) is 5.92 Å². The summed E-state index contributed by atoms with van der Waals surface area (Å²) in [5.74, 6) is -1.67. The Kier molecular flexibility index (Phi) is 6.23. The highest BCUT2D eigenvalue weighted by atomic mass is 16.5. The molecule has 0 unspecified atom stereocenters. The number of fused-ring (bicyclic) bond motifs is 3. The number of nitrogens with one attached hydrogen (secondary N) is 1. The lowest BCUT2D eigenvalue weighted by Gasteiger charge is -2.37. The fourth-order valence-electron chi connectivity index (χ4n) is 5.00. The van der Waals surface area contributed by atoms with Crippen LogP contribution in [0.3, 0.4) is 0 Å². The Morgan fingerprint density at radius 2 is 1.43 bits per heavy atom. The van der Waals surface area contributed by atoms with Gasteiger partial charge in [-0.05, 0) is 47.2 Å². The molecule has 3 aromatic rings. The maximum absolute atomic E-state index is 12.9. The molecule has 0 saturated heterocycles. The molecule has 0 atom stereocenters. The standard InChI is InChI=1S/C28H26N2O5/c31-26(32)16-30(20-8-2-1-3-9-20)27(33)18-14-19(15-18)29-28(34)35-17-25-23-12-6-4-10-21(23)22-11-5-7-13-24(22)25/h1-13,18-19,25H,14-17H2,(H,29,34)(H,31,32). The summed E-state index contributed by atoms with van der Waals surface area (Å²) in [6, 6.07) is 24.9. The van der Waals surface area contributed by atoms with E-state index in [9.17, 15) is 19.5 Å². The number of nitrogens with zero attached hydrogens (tertiary/aromatic N) is 1. The topological polar surface area (TPSA) is 95.9 Å². The van der Waals surface area contributed by atoms with Gasteiger partial charge in [-0.15, -0.1) is 0 Å². The van der Waals surface area contributed by atoms with Crippen molar-refractivity contribution in [3.8, 4) is 11.1 Å². The van der Waals surface area contributed by atoms with Crippen LogP contribution in [0.1, 0.15) is 29.9 Å². The van der Waals surface area contributed by atoms with Gasteiger partial charge in [0, 0.05) is 23.6 Å². The van der Waals surface area contributed by atoms with Crippen LogP contribution in [0, 0.1) is 5.92 Å². The lowest BCUT2D eigenvalue weighted by atomic mass is 9.79. The van der Waals surface area contributed by atoms with E-state index in [1.807, 2.05) is 30.3 Å². The van der Waals surface area contributed by atoms with Gasteiger partial charge in [0.25, 0.3) is 0 Å². The van der Waals surface area contributed by atoms with Gasteiger partial charge in [-0.25, -0.2) is 4.79 Å². The summed E-state index contributed by atoms with van der Waals surface area (Å²) in [5, 5.41) is 12.1. The zero-order valence-corrected chi connectivity index (χ0v) is 19.1. The van der Waals surface area contributed by atoms with Crippen molar-refractivity contribution in [2.75, 3.05) is 18.1 Å². The first kappa shape index (κ1) is 22.7. The number of hydrogen-bond acceptors (Lipinski definition) is 4. The molecule has 0 radical (unpaired) electrons. The molecule has 7 nitrogen and oxygen atoms in total. The summed E-state index contributed by atoms with van der Waals surface area (Å²) in [4.78, 5) is 38.0. The second-order valence-electron chi connectivity index (χ2n) is 8.99. The van der Waals surface area contributed by atoms with E-state index in [0.717, 1.165) is 11.1 Å². The molecule has 0 spiro atoms. The van der Waals surface area contributed by atoms with Crippen LogP contribution in [0.4, 0.5) is 10.5 Å². The minimum Gasteiger partial charge on any atom is -0.480 e. The largest absolute Gasteiger partial charge is 0.480 e. The number of aliphatic carboxylic acids is 1. The molecule has 0 aliphatic heterocycles. The molecule has 35 heavy (non-hydrogen) atoms. The first-order valence-electron chi connectivity index (χ1n) is 11.7. The van der Waals surface area contributed by atoms with E-state index in [1.165, 1.54) is 16.0 Å². The fourth-order valence-corrected chi connectivity index (χ4v) is 5.00. The summed E-state index contributed by atoms with van der Waals surface area (Å²) in [6.07, 6.45) is 0.394. The van der Waals surface area contributed by atoms with Gasteiger partial charge in [-0.3, -0.25) is 9.59 Å². The molecule has 178 valence electrons. The maximum atomic E-state index is 12.9. The Balaban J connectivity index is 1.15. The second kappa shape index (κ2) is 9.62. The molecule has 1 fully saturated rings. The van der Waals surface area contributed by atoms with Crippen molar-refractivity contribution in [3.05, 3.63) is 90.0 Å². The summed E-state index contributed by atoms with van der Waals surface area (Å²) >= 11 is 0. The number of carboxylic acid groups (broad SMARTS) is 1. The Morgan fingerprint density at radius 1 is 0.857 bits per heavy atom. The van der Waals surface area contributed by atoms with E-state index >= 15 is 0 Å². The van der Waals surface area contributed by atoms with E-state index in [1.54, 1.807) is 24.3 Å². The van der Waals surface area contributed by atoms with E-state index in [-0.39, 0.29) is 30.4 Å². The molecular formula is C28H26N2O5. The van der Waals surface area contributed by atoms with Crippen LogP contribution >= 0.6 is 0 Å². The summed E-state index contributed by atoms with van der Waals surface area (Å²) in [5.41, 5.74) is 5.18. The molecule has 2 N–H and O–H groups in total. The van der Waals surface area contributed by atoms with Crippen molar-refractivity contribution >= 4 is 23.7 Å². The predicted molar refractivity (Wildman–Crippen MR) is 131 cm³/mol. The average Bonchev–Trinajstić information content (AvgIpc) is 3.17. The molecule has 5 rings (SSSR count). The fraction of sp³-hybridized carbons (Fsp3) is 0.250. The van der Waals surface area contributed by atoms with Gasteiger partial charge < -0.3 is 20.1 Å². The number of carbonyl (C=O) groups is 3. The minimum absolute atomic E-state index is 0.0145. The number of anilines is 1. The molecule has 0 aromatic heterocycles. The Hall–Kier alpha value is -4.13. The second-order valence-corrected chi connectivity index (χ2v) is 8.99. The number of ether oxygens (including phenoxy) is 1. The van der Waals surface area contributed by atoms with Crippen LogP contribution in [0.15, 0.2) is 78.9 Å². The van der Waals surface area contributed by atoms with Gasteiger partial charge >= 0.3 is 12.1 Å². The Morgan fingerprint density at radius 3 is 2.03 bits per heavy atom. The van der Waals surface area contributed by atoms with Crippen LogP contribution in [0.5, 0.6) is 0 Å². The molecule has 1 saturated carbocycles. The van der Waals surface area contributed by atoms with E-state index in [4.69, 9.17) is 4.74 Å². The third-order valence-electron chi connectivity index (χ3n) is 6.78. The molecular weight excluding hydrogens is 444 g/mol. The van der Waals surface area contributed by atoms with Crippen molar-refractivity contribution in [3.63, 3.8) is 0 Å². The van der Waals surface area contributed by atoms with Crippen LogP contribution in [-0.2, 0) is 14.3 Å². The monoisotopic (exact) mass is 470 g/mol. The van der Waals surface area contributed by atoms with Gasteiger partial charge in [0.2, 0.25) is 5.91 Å². The Labute approximate surface area is 203 Å². The number of carboxylic acids is 1. The van der Waals surface area contributed by atoms with Crippen molar-refractivity contribution in [1.82, 2.24) is 5.32 Å². The van der Waals surface area contributed by atoms with Gasteiger partial charge in [-0.2, -0.15) is 0 Å². The normalized spacial score (nSPS) is 18.1. The lowest BCUT2D eigenvalue weighted by molar-refractivity contribution is -0.137. The average molecular weight is 471 g/mol. The van der Waals surface area contributed by atoms with Gasteiger partial charge in [0.15, 0.2) is 0 Å². The zero-order valence-electron chi connectivity index (χ0n) is 19.1.